The molecule has 1 rings (SSSR count). The summed E-state index contributed by atoms with van der Waals surface area (Å²) in [6.07, 6.45) is 0.852. The maximum Gasteiger partial charge on any atom is 0.224 e. The molecule has 1 aromatic carbocycles. The average Bonchev–Trinajstić information content (AvgIpc) is 2.18. The summed E-state index contributed by atoms with van der Waals surface area (Å²) in [5.41, 5.74) is 5.58. The van der Waals surface area contributed by atoms with Crippen LogP contribution in [-0.4, -0.2) is 11.4 Å². The van der Waals surface area contributed by atoms with E-state index in [4.69, 9.17) is 5.73 Å². The zero-order valence-electron chi connectivity index (χ0n) is 9.59. The second-order valence-electron chi connectivity index (χ2n) is 4.52. The molecule has 0 radical (unpaired) electrons. The van der Waals surface area contributed by atoms with Crippen molar-refractivity contribution in [1.29, 1.82) is 0 Å². The van der Waals surface area contributed by atoms with E-state index in [1.807, 2.05) is 13.8 Å². The third kappa shape index (κ3) is 4.40. The van der Waals surface area contributed by atoms with Crippen LogP contribution < -0.4 is 11.1 Å². The van der Waals surface area contributed by atoms with Crippen molar-refractivity contribution in [3.8, 4) is 0 Å². The molecule has 16 heavy (non-hydrogen) atoms. The van der Waals surface area contributed by atoms with Gasteiger partial charge in [-0.25, -0.2) is 4.39 Å². The number of hydrogen-bond donors (Lipinski definition) is 2. The molecular formula is C12H17FN2O. The largest absolute Gasteiger partial charge is 0.326 e. The molecular weight excluding hydrogens is 207 g/mol. The lowest BCUT2D eigenvalue weighted by molar-refractivity contribution is -0.116. The van der Waals surface area contributed by atoms with Gasteiger partial charge in [0, 0.05) is 12.0 Å². The first-order chi connectivity index (χ1) is 7.38. The Labute approximate surface area is 94.8 Å². The zero-order chi connectivity index (χ0) is 12.2. The van der Waals surface area contributed by atoms with E-state index in [0.29, 0.717) is 6.42 Å². The normalized spacial score (nSPS) is 11.2. The van der Waals surface area contributed by atoms with Crippen LogP contribution in [0.25, 0.3) is 0 Å². The van der Waals surface area contributed by atoms with E-state index in [2.05, 4.69) is 5.32 Å². The van der Waals surface area contributed by atoms with Gasteiger partial charge in [0.25, 0.3) is 0 Å². The fourth-order valence-corrected chi connectivity index (χ4v) is 1.21. The highest BCUT2D eigenvalue weighted by atomic mass is 19.1. The summed E-state index contributed by atoms with van der Waals surface area (Å²) in [5.74, 6) is -0.647. The molecule has 88 valence electrons. The lowest BCUT2D eigenvalue weighted by Crippen LogP contribution is -2.33. The minimum absolute atomic E-state index is 0.210. The minimum Gasteiger partial charge on any atom is -0.326 e. The van der Waals surface area contributed by atoms with E-state index in [0.717, 1.165) is 0 Å². The van der Waals surface area contributed by atoms with Crippen LogP contribution >= 0.6 is 0 Å². The summed E-state index contributed by atoms with van der Waals surface area (Å²) in [7, 11) is 0. The molecule has 0 bridgehead atoms. The first-order valence-electron chi connectivity index (χ1n) is 5.22. The van der Waals surface area contributed by atoms with Crippen LogP contribution in [0.4, 0.5) is 10.1 Å². The molecule has 0 spiro atoms. The summed E-state index contributed by atoms with van der Waals surface area (Å²) in [6, 6.07) is 6.09. The summed E-state index contributed by atoms with van der Waals surface area (Å²) >= 11 is 0. The number of halogens is 1. The molecule has 0 aromatic heterocycles. The van der Waals surface area contributed by atoms with Gasteiger partial charge >= 0.3 is 0 Å². The topological polar surface area (TPSA) is 55.1 Å². The van der Waals surface area contributed by atoms with Crippen LogP contribution in [0.15, 0.2) is 24.3 Å². The second-order valence-corrected chi connectivity index (χ2v) is 4.52. The Balaban J connectivity index is 2.50. The number of carbonyl (C=O) groups excluding carboxylic acids is 1. The van der Waals surface area contributed by atoms with Gasteiger partial charge < -0.3 is 11.1 Å². The second kappa shape index (κ2) is 5.07. The molecule has 3 nitrogen and oxygen atoms in total. The average molecular weight is 224 g/mol. The van der Waals surface area contributed by atoms with Crippen LogP contribution in [0, 0.1) is 5.82 Å². The number of anilines is 1. The van der Waals surface area contributed by atoms with Crippen molar-refractivity contribution in [3.05, 3.63) is 30.1 Å². The summed E-state index contributed by atoms with van der Waals surface area (Å²) in [4.78, 5) is 11.5. The fraction of sp³-hybridized carbons (Fsp3) is 0.417. The SMILES string of the molecule is CC(C)(N)CCC(=O)Nc1ccccc1F. The molecule has 0 saturated carbocycles. The Hall–Kier alpha value is -1.42. The monoisotopic (exact) mass is 224 g/mol. The van der Waals surface area contributed by atoms with Crippen LogP contribution in [0.3, 0.4) is 0 Å². The lowest BCUT2D eigenvalue weighted by Gasteiger charge is -2.17. The van der Waals surface area contributed by atoms with E-state index in [1.54, 1.807) is 12.1 Å². The van der Waals surface area contributed by atoms with Crippen molar-refractivity contribution in [2.24, 2.45) is 5.73 Å². The standard InChI is InChI=1S/C12H17FN2O/c1-12(2,14)8-7-11(16)15-10-6-4-3-5-9(10)13/h3-6H,7-8,14H2,1-2H3,(H,15,16). The summed E-state index contributed by atoms with van der Waals surface area (Å²) < 4.78 is 13.2. The predicted octanol–water partition coefficient (Wildman–Crippen LogP) is 2.28. The quantitative estimate of drug-likeness (QED) is 0.824. The number of nitrogens with one attached hydrogen (secondary N) is 1. The highest BCUT2D eigenvalue weighted by molar-refractivity contribution is 5.90. The van der Waals surface area contributed by atoms with E-state index in [9.17, 15) is 9.18 Å². The Morgan fingerprint density at radius 2 is 2.06 bits per heavy atom. The van der Waals surface area contributed by atoms with Gasteiger partial charge in [-0.3, -0.25) is 4.79 Å². The number of amides is 1. The zero-order valence-corrected chi connectivity index (χ0v) is 9.59. The highest BCUT2D eigenvalue weighted by Crippen LogP contribution is 2.14. The van der Waals surface area contributed by atoms with Gasteiger partial charge in [0.15, 0.2) is 0 Å². The maximum absolute atomic E-state index is 13.2. The smallest absolute Gasteiger partial charge is 0.224 e. The van der Waals surface area contributed by atoms with E-state index in [-0.39, 0.29) is 23.6 Å². The van der Waals surface area contributed by atoms with Crippen molar-refractivity contribution in [2.45, 2.75) is 32.2 Å². The van der Waals surface area contributed by atoms with Crippen molar-refractivity contribution >= 4 is 11.6 Å². The van der Waals surface area contributed by atoms with Crippen molar-refractivity contribution < 1.29 is 9.18 Å². The molecule has 4 heteroatoms. The predicted molar refractivity (Wildman–Crippen MR) is 62.5 cm³/mol. The third-order valence-corrected chi connectivity index (χ3v) is 2.14. The number of rotatable bonds is 4. The van der Waals surface area contributed by atoms with Crippen LogP contribution in [-0.2, 0) is 4.79 Å². The van der Waals surface area contributed by atoms with Crippen molar-refractivity contribution in [1.82, 2.24) is 0 Å². The molecule has 0 aliphatic heterocycles. The van der Waals surface area contributed by atoms with Gasteiger partial charge in [0.1, 0.15) is 5.82 Å². The number of hydrogen-bond acceptors (Lipinski definition) is 2. The lowest BCUT2D eigenvalue weighted by atomic mass is 10.00. The van der Waals surface area contributed by atoms with Crippen LogP contribution in [0.5, 0.6) is 0 Å². The van der Waals surface area contributed by atoms with Gasteiger partial charge in [0.05, 0.1) is 5.69 Å². The number of benzene rings is 1. The number of para-hydroxylation sites is 1. The van der Waals surface area contributed by atoms with Gasteiger partial charge in [-0.15, -0.1) is 0 Å². The highest BCUT2D eigenvalue weighted by Gasteiger charge is 2.13. The van der Waals surface area contributed by atoms with Gasteiger partial charge in [0.2, 0.25) is 5.91 Å². The molecule has 1 amide bonds. The Morgan fingerprint density at radius 1 is 1.44 bits per heavy atom. The molecule has 0 saturated heterocycles. The van der Waals surface area contributed by atoms with E-state index >= 15 is 0 Å². The molecule has 0 aliphatic rings. The number of nitrogens with two attached hydrogens (primary N) is 1. The maximum atomic E-state index is 13.2. The van der Waals surface area contributed by atoms with E-state index < -0.39 is 5.82 Å². The molecule has 3 N–H and O–H groups in total. The first kappa shape index (κ1) is 12.6. The molecule has 0 aliphatic carbocycles. The Morgan fingerprint density at radius 3 is 2.62 bits per heavy atom. The van der Waals surface area contributed by atoms with Gasteiger partial charge in [-0.1, -0.05) is 12.1 Å². The fourth-order valence-electron chi connectivity index (χ4n) is 1.21. The van der Waals surface area contributed by atoms with Crippen LogP contribution in [0.2, 0.25) is 0 Å². The Kier molecular flexibility index (Phi) is 4.01. The van der Waals surface area contributed by atoms with Crippen molar-refractivity contribution in [3.63, 3.8) is 0 Å². The van der Waals surface area contributed by atoms with E-state index in [1.165, 1.54) is 12.1 Å². The van der Waals surface area contributed by atoms with Crippen molar-refractivity contribution in [2.75, 3.05) is 5.32 Å². The minimum atomic E-state index is -0.428. The number of carbonyl (C=O) groups is 1. The third-order valence-electron chi connectivity index (χ3n) is 2.14. The van der Waals surface area contributed by atoms with Crippen LogP contribution in [0.1, 0.15) is 26.7 Å². The molecule has 1 aromatic rings. The summed E-state index contributed by atoms with van der Waals surface area (Å²) in [6.45, 7) is 3.70. The van der Waals surface area contributed by atoms with Gasteiger partial charge in [-0.05, 0) is 32.4 Å². The molecule has 0 atom stereocenters. The summed E-state index contributed by atoms with van der Waals surface area (Å²) in [5, 5.41) is 2.51. The molecule has 0 fully saturated rings. The Bertz CT molecular complexity index is 372. The molecule has 0 heterocycles. The van der Waals surface area contributed by atoms with Gasteiger partial charge in [-0.2, -0.15) is 0 Å². The first-order valence-corrected chi connectivity index (χ1v) is 5.22. The molecule has 0 unspecified atom stereocenters.